The van der Waals surface area contributed by atoms with Crippen LogP contribution in [0.4, 0.5) is 5.82 Å². The summed E-state index contributed by atoms with van der Waals surface area (Å²) in [5.74, 6) is 0.531. The second-order valence-electron chi connectivity index (χ2n) is 5.41. The molecule has 2 unspecified atom stereocenters. The minimum Gasteiger partial charge on any atom is -0.373 e. The zero-order chi connectivity index (χ0) is 13.4. The van der Waals surface area contributed by atoms with Crippen LogP contribution in [0.1, 0.15) is 25.8 Å². The fourth-order valence-electron chi connectivity index (χ4n) is 2.46. The Morgan fingerprint density at radius 1 is 1.53 bits per heavy atom. The van der Waals surface area contributed by atoms with Gasteiger partial charge in [-0.3, -0.25) is 4.79 Å². The summed E-state index contributed by atoms with van der Waals surface area (Å²) in [4.78, 5) is 18.7. The summed E-state index contributed by atoms with van der Waals surface area (Å²) in [5, 5.41) is 0. The monoisotopic (exact) mass is 264 g/mol. The smallest absolute Gasteiger partial charge is 0.293 e. The highest BCUT2D eigenvalue weighted by Gasteiger charge is 2.29. The van der Waals surface area contributed by atoms with Gasteiger partial charge >= 0.3 is 0 Å². The molecule has 1 aliphatic heterocycles. The molecule has 0 spiro atoms. The van der Waals surface area contributed by atoms with E-state index in [0.29, 0.717) is 31.6 Å². The van der Waals surface area contributed by atoms with E-state index >= 15 is 0 Å². The van der Waals surface area contributed by atoms with Crippen LogP contribution in [0.15, 0.2) is 17.2 Å². The molecule has 6 nitrogen and oxygen atoms in total. The number of hydrogen-bond donors (Lipinski definition) is 1. The zero-order valence-corrected chi connectivity index (χ0v) is 11.2. The molecule has 1 aliphatic carbocycles. The Bertz CT molecular complexity index is 510. The van der Waals surface area contributed by atoms with Gasteiger partial charge in [-0.15, -0.1) is 0 Å². The van der Waals surface area contributed by atoms with Gasteiger partial charge in [0.1, 0.15) is 0 Å². The molecule has 0 amide bonds. The standard InChI is InChI=1S/C13H20N4O2/c1-9(14)11-8-16(6-7-19-11)12-13(18)17(5-4-15-12)10-2-3-10/h4-5,9-11H,2-3,6-8,14H2,1H3. The third-order valence-corrected chi connectivity index (χ3v) is 3.77. The third-order valence-electron chi connectivity index (χ3n) is 3.77. The highest BCUT2D eigenvalue weighted by Crippen LogP contribution is 2.33. The van der Waals surface area contributed by atoms with Crippen LogP contribution in [0, 0.1) is 0 Å². The van der Waals surface area contributed by atoms with Gasteiger partial charge in [0, 0.05) is 37.6 Å². The number of anilines is 1. The van der Waals surface area contributed by atoms with E-state index in [1.165, 1.54) is 0 Å². The Balaban J connectivity index is 1.85. The molecule has 1 saturated heterocycles. The number of nitrogens with zero attached hydrogens (tertiary/aromatic N) is 3. The lowest BCUT2D eigenvalue weighted by Crippen LogP contribution is -2.51. The van der Waals surface area contributed by atoms with Crippen molar-refractivity contribution in [2.24, 2.45) is 5.73 Å². The molecule has 2 N–H and O–H groups in total. The van der Waals surface area contributed by atoms with Crippen molar-refractivity contribution < 1.29 is 4.74 Å². The highest BCUT2D eigenvalue weighted by atomic mass is 16.5. The van der Waals surface area contributed by atoms with Crippen LogP contribution in [0.2, 0.25) is 0 Å². The lowest BCUT2D eigenvalue weighted by atomic mass is 10.1. The second kappa shape index (κ2) is 4.94. The summed E-state index contributed by atoms with van der Waals surface area (Å²) in [6.07, 6.45) is 5.65. The quantitative estimate of drug-likeness (QED) is 0.840. The van der Waals surface area contributed by atoms with E-state index in [2.05, 4.69) is 4.98 Å². The molecule has 2 heterocycles. The number of nitrogens with two attached hydrogens (primary N) is 1. The van der Waals surface area contributed by atoms with E-state index in [4.69, 9.17) is 10.5 Å². The molecule has 19 heavy (non-hydrogen) atoms. The van der Waals surface area contributed by atoms with Gasteiger partial charge in [-0.2, -0.15) is 0 Å². The first-order valence-electron chi connectivity index (χ1n) is 6.86. The van der Waals surface area contributed by atoms with Gasteiger partial charge in [-0.1, -0.05) is 0 Å². The number of morpholine rings is 1. The first-order valence-corrected chi connectivity index (χ1v) is 6.86. The fraction of sp³-hybridized carbons (Fsp3) is 0.692. The van der Waals surface area contributed by atoms with Crippen LogP contribution in [0.25, 0.3) is 0 Å². The van der Waals surface area contributed by atoms with Crippen LogP contribution < -0.4 is 16.2 Å². The molecule has 0 bridgehead atoms. The van der Waals surface area contributed by atoms with E-state index in [9.17, 15) is 4.79 Å². The lowest BCUT2D eigenvalue weighted by Gasteiger charge is -2.35. The summed E-state index contributed by atoms with van der Waals surface area (Å²) in [6, 6.07) is 0.330. The van der Waals surface area contributed by atoms with E-state index in [1.807, 2.05) is 11.8 Å². The van der Waals surface area contributed by atoms with E-state index < -0.39 is 0 Å². The number of hydrogen-bond acceptors (Lipinski definition) is 5. The number of ether oxygens (including phenoxy) is 1. The first kappa shape index (κ1) is 12.6. The predicted molar refractivity (Wildman–Crippen MR) is 72.4 cm³/mol. The largest absolute Gasteiger partial charge is 0.373 e. The summed E-state index contributed by atoms with van der Waals surface area (Å²) >= 11 is 0. The number of aromatic nitrogens is 2. The molecule has 2 fully saturated rings. The molecule has 1 aromatic heterocycles. The minimum absolute atomic E-state index is 0.00956. The summed E-state index contributed by atoms with van der Waals surface area (Å²) < 4.78 is 7.42. The molecule has 2 aliphatic rings. The van der Waals surface area contributed by atoms with E-state index in [-0.39, 0.29) is 17.7 Å². The molecule has 2 atom stereocenters. The van der Waals surface area contributed by atoms with Crippen molar-refractivity contribution in [3.63, 3.8) is 0 Å². The molecule has 3 rings (SSSR count). The topological polar surface area (TPSA) is 73.4 Å². The van der Waals surface area contributed by atoms with Crippen LogP contribution in [0.3, 0.4) is 0 Å². The first-order chi connectivity index (χ1) is 9.16. The van der Waals surface area contributed by atoms with Gasteiger partial charge in [0.05, 0.1) is 12.7 Å². The molecule has 6 heteroatoms. The summed E-state index contributed by atoms with van der Waals surface area (Å²) in [5.41, 5.74) is 5.89. The fourth-order valence-corrected chi connectivity index (χ4v) is 2.46. The molecule has 0 radical (unpaired) electrons. The van der Waals surface area contributed by atoms with Crippen molar-refractivity contribution in [1.82, 2.24) is 9.55 Å². The molecule has 0 aromatic carbocycles. The average Bonchev–Trinajstić information content (AvgIpc) is 3.23. The van der Waals surface area contributed by atoms with Crippen molar-refractivity contribution in [3.05, 3.63) is 22.7 Å². The van der Waals surface area contributed by atoms with Gasteiger partial charge in [-0.25, -0.2) is 4.98 Å². The normalized spacial score (nSPS) is 25.4. The average molecular weight is 264 g/mol. The number of rotatable bonds is 3. The van der Waals surface area contributed by atoms with Gasteiger partial charge in [0.2, 0.25) is 0 Å². The Morgan fingerprint density at radius 2 is 2.32 bits per heavy atom. The van der Waals surface area contributed by atoms with Crippen molar-refractivity contribution in [2.75, 3.05) is 24.6 Å². The molecule has 1 aromatic rings. The van der Waals surface area contributed by atoms with Crippen molar-refractivity contribution >= 4 is 5.82 Å². The Labute approximate surface area is 112 Å². The molecule has 104 valence electrons. The Kier molecular flexibility index (Phi) is 3.28. The lowest BCUT2D eigenvalue weighted by molar-refractivity contribution is 0.0272. The Hall–Kier alpha value is -1.40. The van der Waals surface area contributed by atoms with Gasteiger partial charge in [0.15, 0.2) is 5.82 Å². The van der Waals surface area contributed by atoms with E-state index in [1.54, 1.807) is 17.0 Å². The molecular formula is C13H20N4O2. The van der Waals surface area contributed by atoms with Crippen LogP contribution in [0.5, 0.6) is 0 Å². The van der Waals surface area contributed by atoms with Gasteiger partial charge in [-0.05, 0) is 19.8 Å². The molecular weight excluding hydrogens is 244 g/mol. The van der Waals surface area contributed by atoms with Crippen molar-refractivity contribution in [3.8, 4) is 0 Å². The van der Waals surface area contributed by atoms with Crippen molar-refractivity contribution in [2.45, 2.75) is 38.0 Å². The zero-order valence-electron chi connectivity index (χ0n) is 11.2. The van der Waals surface area contributed by atoms with Crippen LogP contribution in [-0.2, 0) is 4.74 Å². The van der Waals surface area contributed by atoms with Crippen LogP contribution >= 0.6 is 0 Å². The second-order valence-corrected chi connectivity index (χ2v) is 5.41. The minimum atomic E-state index is -0.0443. The maximum Gasteiger partial charge on any atom is 0.293 e. The summed E-state index contributed by atoms with van der Waals surface area (Å²) in [7, 11) is 0. The van der Waals surface area contributed by atoms with E-state index in [0.717, 1.165) is 12.8 Å². The van der Waals surface area contributed by atoms with Gasteiger partial charge < -0.3 is 19.9 Å². The Morgan fingerprint density at radius 3 is 3.00 bits per heavy atom. The summed E-state index contributed by atoms with van der Waals surface area (Å²) in [6.45, 7) is 3.84. The van der Waals surface area contributed by atoms with Crippen LogP contribution in [-0.4, -0.2) is 41.4 Å². The SMILES string of the molecule is CC(N)C1CN(c2nccn(C3CC3)c2=O)CCO1. The highest BCUT2D eigenvalue weighted by molar-refractivity contribution is 5.36. The molecule has 1 saturated carbocycles. The maximum atomic E-state index is 12.4. The van der Waals surface area contributed by atoms with Gasteiger partial charge in [0.25, 0.3) is 5.56 Å². The predicted octanol–water partition coefficient (Wildman–Crippen LogP) is 0.131. The maximum absolute atomic E-state index is 12.4. The third kappa shape index (κ3) is 2.50. The van der Waals surface area contributed by atoms with Crippen molar-refractivity contribution in [1.29, 1.82) is 0 Å².